The molecule has 2 aromatic carbocycles. The fourth-order valence-corrected chi connectivity index (χ4v) is 3.15. The number of rotatable bonds is 6. The average Bonchev–Trinajstić information content (AvgIpc) is 3.15. The quantitative estimate of drug-likeness (QED) is 0.878. The Balaban J connectivity index is 1.61. The molecule has 0 spiro atoms. The lowest BCUT2D eigenvalue weighted by molar-refractivity contribution is 0.394. The van der Waals surface area contributed by atoms with Crippen molar-refractivity contribution in [3.8, 4) is 17.6 Å². The highest BCUT2D eigenvalue weighted by molar-refractivity contribution is 5.56. The van der Waals surface area contributed by atoms with Crippen LogP contribution in [0.25, 0.3) is 0 Å². The summed E-state index contributed by atoms with van der Waals surface area (Å²) < 4.78 is 10.7. The predicted molar refractivity (Wildman–Crippen MR) is 98.2 cm³/mol. The molecule has 1 fully saturated rings. The molecule has 5 nitrogen and oxygen atoms in total. The smallest absolute Gasteiger partial charge is 0.124 e. The van der Waals surface area contributed by atoms with Gasteiger partial charge in [-0.3, -0.25) is 0 Å². The van der Waals surface area contributed by atoms with Crippen LogP contribution in [0.4, 0.5) is 5.69 Å². The van der Waals surface area contributed by atoms with Crippen LogP contribution >= 0.6 is 0 Å². The first-order chi connectivity index (χ1) is 12.2. The summed E-state index contributed by atoms with van der Waals surface area (Å²) >= 11 is 0. The minimum Gasteiger partial charge on any atom is -0.497 e. The third-order valence-electron chi connectivity index (χ3n) is 4.54. The van der Waals surface area contributed by atoms with Gasteiger partial charge in [0.1, 0.15) is 11.5 Å². The fraction of sp³-hybridized carbons (Fsp3) is 0.350. The topological polar surface area (TPSA) is 57.5 Å². The van der Waals surface area contributed by atoms with Crippen LogP contribution in [-0.2, 0) is 6.54 Å². The third kappa shape index (κ3) is 4.23. The van der Waals surface area contributed by atoms with E-state index in [1.807, 2.05) is 42.5 Å². The number of methoxy groups -OCH3 is 2. The molecule has 25 heavy (non-hydrogen) atoms. The Bertz CT molecular complexity index is 748. The molecule has 2 aromatic rings. The van der Waals surface area contributed by atoms with Crippen molar-refractivity contribution in [3.05, 3.63) is 53.6 Å². The van der Waals surface area contributed by atoms with Crippen molar-refractivity contribution in [2.24, 2.45) is 0 Å². The van der Waals surface area contributed by atoms with Gasteiger partial charge in [-0.05, 0) is 24.1 Å². The summed E-state index contributed by atoms with van der Waals surface area (Å²) in [6, 6.07) is 16.3. The largest absolute Gasteiger partial charge is 0.497 e. The number of nitriles is 1. The Kier molecular flexibility index (Phi) is 5.42. The van der Waals surface area contributed by atoms with Gasteiger partial charge in [-0.25, -0.2) is 0 Å². The maximum Gasteiger partial charge on any atom is 0.124 e. The van der Waals surface area contributed by atoms with Gasteiger partial charge in [0.15, 0.2) is 0 Å². The summed E-state index contributed by atoms with van der Waals surface area (Å²) in [4.78, 5) is 2.34. The molecular formula is C20H23N3O2. The van der Waals surface area contributed by atoms with E-state index in [1.54, 1.807) is 14.2 Å². The first-order valence-corrected chi connectivity index (χ1v) is 8.42. The predicted octanol–water partition coefficient (Wildman–Crippen LogP) is 2.94. The molecule has 0 aliphatic carbocycles. The van der Waals surface area contributed by atoms with E-state index in [0.717, 1.165) is 48.8 Å². The average molecular weight is 337 g/mol. The minimum atomic E-state index is 0.419. The van der Waals surface area contributed by atoms with Crippen molar-refractivity contribution in [2.75, 3.05) is 32.2 Å². The molecule has 1 heterocycles. The first kappa shape index (κ1) is 17.1. The van der Waals surface area contributed by atoms with Crippen LogP contribution in [0, 0.1) is 11.3 Å². The van der Waals surface area contributed by atoms with Crippen LogP contribution in [0.2, 0.25) is 0 Å². The second kappa shape index (κ2) is 7.91. The van der Waals surface area contributed by atoms with Gasteiger partial charge >= 0.3 is 0 Å². The van der Waals surface area contributed by atoms with Gasteiger partial charge in [-0.1, -0.05) is 12.1 Å². The molecular weight excluding hydrogens is 314 g/mol. The zero-order valence-corrected chi connectivity index (χ0v) is 14.7. The van der Waals surface area contributed by atoms with E-state index in [2.05, 4.69) is 16.3 Å². The van der Waals surface area contributed by atoms with Crippen LogP contribution in [-0.4, -0.2) is 33.4 Å². The highest BCUT2D eigenvalue weighted by atomic mass is 16.5. The Labute approximate surface area is 148 Å². The SMILES string of the molecule is COc1cc(OC)cc(N2CCC(NCc3cccc(C#N)c3)C2)c1. The number of nitrogens with one attached hydrogen (secondary N) is 1. The maximum atomic E-state index is 8.99. The summed E-state index contributed by atoms with van der Waals surface area (Å²) in [5.74, 6) is 1.61. The molecule has 1 saturated heterocycles. The van der Waals surface area contributed by atoms with E-state index in [-0.39, 0.29) is 0 Å². The van der Waals surface area contributed by atoms with Crippen LogP contribution in [0.5, 0.6) is 11.5 Å². The molecule has 0 saturated carbocycles. The summed E-state index contributed by atoms with van der Waals surface area (Å²) in [7, 11) is 3.34. The van der Waals surface area contributed by atoms with E-state index in [9.17, 15) is 0 Å². The van der Waals surface area contributed by atoms with Crippen LogP contribution in [0.3, 0.4) is 0 Å². The second-order valence-corrected chi connectivity index (χ2v) is 6.20. The monoisotopic (exact) mass is 337 g/mol. The molecule has 1 aliphatic rings. The minimum absolute atomic E-state index is 0.419. The number of hydrogen-bond acceptors (Lipinski definition) is 5. The molecule has 3 rings (SSSR count). The lowest BCUT2D eigenvalue weighted by Crippen LogP contribution is -2.32. The van der Waals surface area contributed by atoms with Crippen molar-refractivity contribution in [1.29, 1.82) is 5.26 Å². The zero-order valence-electron chi connectivity index (χ0n) is 14.7. The second-order valence-electron chi connectivity index (χ2n) is 6.20. The molecule has 5 heteroatoms. The van der Waals surface area contributed by atoms with Crippen LogP contribution in [0.1, 0.15) is 17.5 Å². The van der Waals surface area contributed by atoms with Gasteiger partial charge in [0.05, 0.1) is 25.9 Å². The van der Waals surface area contributed by atoms with E-state index >= 15 is 0 Å². The molecule has 0 amide bonds. The molecule has 130 valence electrons. The highest BCUT2D eigenvalue weighted by Crippen LogP contribution is 2.30. The van der Waals surface area contributed by atoms with Gasteiger partial charge in [0.2, 0.25) is 0 Å². The summed E-state index contributed by atoms with van der Waals surface area (Å²) in [5.41, 5.74) is 2.96. The third-order valence-corrected chi connectivity index (χ3v) is 4.54. The van der Waals surface area contributed by atoms with E-state index in [1.165, 1.54) is 0 Å². The van der Waals surface area contributed by atoms with Crippen molar-refractivity contribution in [2.45, 2.75) is 19.0 Å². The van der Waals surface area contributed by atoms with Gasteiger partial charge in [0.25, 0.3) is 0 Å². The lowest BCUT2D eigenvalue weighted by Gasteiger charge is -2.20. The molecule has 1 atom stereocenters. The molecule has 1 N–H and O–H groups in total. The Morgan fingerprint density at radius 2 is 1.92 bits per heavy atom. The van der Waals surface area contributed by atoms with Gasteiger partial charge in [-0.15, -0.1) is 0 Å². The van der Waals surface area contributed by atoms with Crippen molar-refractivity contribution >= 4 is 5.69 Å². The van der Waals surface area contributed by atoms with Crippen molar-refractivity contribution < 1.29 is 9.47 Å². The number of nitrogens with zero attached hydrogens (tertiary/aromatic N) is 2. The molecule has 1 aliphatic heterocycles. The van der Waals surface area contributed by atoms with Crippen LogP contribution in [0.15, 0.2) is 42.5 Å². The van der Waals surface area contributed by atoms with E-state index in [0.29, 0.717) is 11.6 Å². The van der Waals surface area contributed by atoms with Crippen molar-refractivity contribution in [1.82, 2.24) is 5.32 Å². The number of ether oxygens (including phenoxy) is 2. The van der Waals surface area contributed by atoms with E-state index < -0.39 is 0 Å². The van der Waals surface area contributed by atoms with Gasteiger partial charge < -0.3 is 19.7 Å². The van der Waals surface area contributed by atoms with Crippen LogP contribution < -0.4 is 19.7 Å². The Morgan fingerprint density at radius 1 is 1.16 bits per heavy atom. The first-order valence-electron chi connectivity index (χ1n) is 8.42. The summed E-state index contributed by atoms with van der Waals surface area (Å²) in [5, 5.41) is 12.6. The maximum absolute atomic E-state index is 8.99. The van der Waals surface area contributed by atoms with Gasteiger partial charge in [-0.2, -0.15) is 5.26 Å². The molecule has 0 aromatic heterocycles. The lowest BCUT2D eigenvalue weighted by atomic mass is 10.1. The molecule has 0 radical (unpaired) electrons. The normalized spacial score (nSPS) is 16.5. The fourth-order valence-electron chi connectivity index (χ4n) is 3.15. The Morgan fingerprint density at radius 3 is 2.60 bits per heavy atom. The van der Waals surface area contributed by atoms with E-state index in [4.69, 9.17) is 14.7 Å². The van der Waals surface area contributed by atoms with Crippen molar-refractivity contribution in [3.63, 3.8) is 0 Å². The number of anilines is 1. The molecule has 0 bridgehead atoms. The summed E-state index contributed by atoms with van der Waals surface area (Å²) in [6.07, 6.45) is 1.08. The number of hydrogen-bond donors (Lipinski definition) is 1. The van der Waals surface area contributed by atoms with Gasteiger partial charge in [0, 0.05) is 49.6 Å². The standard InChI is InChI=1S/C20H23N3O2/c1-24-19-9-18(10-20(11-19)25-2)23-7-6-17(14-23)22-13-16-5-3-4-15(8-16)12-21/h3-5,8-11,17,22H,6-7,13-14H2,1-2H3. The molecule has 1 unspecified atom stereocenters. The summed E-state index contributed by atoms with van der Waals surface area (Å²) in [6.45, 7) is 2.70. The highest BCUT2D eigenvalue weighted by Gasteiger charge is 2.23. The Hall–Kier alpha value is -2.71. The number of benzene rings is 2. The zero-order chi connectivity index (χ0) is 17.6.